The van der Waals surface area contributed by atoms with E-state index in [0.29, 0.717) is 18.1 Å². The highest BCUT2D eigenvalue weighted by molar-refractivity contribution is 5.97. The van der Waals surface area contributed by atoms with Crippen molar-refractivity contribution in [2.75, 3.05) is 5.73 Å². The van der Waals surface area contributed by atoms with Gasteiger partial charge < -0.3 is 16.0 Å². The summed E-state index contributed by atoms with van der Waals surface area (Å²) in [4.78, 5) is 19.7. The molecule has 0 aliphatic heterocycles. The Morgan fingerprint density at radius 1 is 1.27 bits per heavy atom. The minimum Gasteiger partial charge on any atom is -0.384 e. The maximum absolute atomic E-state index is 12.3. The molecule has 0 fully saturated rings. The first kappa shape index (κ1) is 14.1. The summed E-state index contributed by atoms with van der Waals surface area (Å²) >= 11 is 0. The van der Waals surface area contributed by atoms with Crippen LogP contribution in [0.1, 0.15) is 27.3 Å². The molecule has 4 N–H and O–H groups in total. The van der Waals surface area contributed by atoms with Crippen molar-refractivity contribution in [2.45, 2.75) is 20.4 Å². The lowest BCUT2D eigenvalue weighted by atomic mass is 10.1. The molecule has 0 bridgehead atoms. The van der Waals surface area contributed by atoms with Crippen LogP contribution in [0.4, 0.5) is 5.82 Å². The summed E-state index contributed by atoms with van der Waals surface area (Å²) in [5.74, 6) is 0.368. The molecule has 0 unspecified atom stereocenters. The van der Waals surface area contributed by atoms with E-state index in [1.807, 2.05) is 50.2 Å². The Kier molecular flexibility index (Phi) is 3.55. The zero-order valence-electron chi connectivity index (χ0n) is 12.6. The Labute approximate surface area is 128 Å². The van der Waals surface area contributed by atoms with Crippen LogP contribution in [0.15, 0.2) is 36.4 Å². The van der Waals surface area contributed by atoms with Gasteiger partial charge >= 0.3 is 0 Å². The number of nitrogens with one attached hydrogen (secondary N) is 2. The van der Waals surface area contributed by atoms with Crippen LogP contribution in [-0.2, 0) is 6.54 Å². The van der Waals surface area contributed by atoms with E-state index in [9.17, 15) is 4.79 Å². The minimum absolute atomic E-state index is 0.133. The van der Waals surface area contributed by atoms with E-state index < -0.39 is 0 Å². The largest absolute Gasteiger partial charge is 0.384 e. The number of aromatic nitrogens is 2. The predicted octanol–water partition coefficient (Wildman–Crippen LogP) is 2.69. The van der Waals surface area contributed by atoms with Crippen LogP contribution in [-0.4, -0.2) is 15.9 Å². The van der Waals surface area contributed by atoms with E-state index in [1.165, 1.54) is 0 Å². The first-order valence-electron chi connectivity index (χ1n) is 7.13. The third-order valence-corrected chi connectivity index (χ3v) is 3.77. The summed E-state index contributed by atoms with van der Waals surface area (Å²) in [7, 11) is 0. The second kappa shape index (κ2) is 5.52. The fourth-order valence-electron chi connectivity index (χ4n) is 2.61. The molecule has 0 aliphatic carbocycles. The van der Waals surface area contributed by atoms with Crippen molar-refractivity contribution in [2.24, 2.45) is 0 Å². The van der Waals surface area contributed by atoms with Crippen LogP contribution in [0.25, 0.3) is 10.9 Å². The minimum atomic E-state index is -0.133. The number of aromatic amines is 1. The highest BCUT2D eigenvalue weighted by Gasteiger charge is 2.11. The van der Waals surface area contributed by atoms with E-state index in [1.54, 1.807) is 0 Å². The predicted molar refractivity (Wildman–Crippen MR) is 87.6 cm³/mol. The number of aryl methyl sites for hydroxylation is 2. The van der Waals surface area contributed by atoms with Crippen molar-refractivity contribution >= 4 is 22.6 Å². The lowest BCUT2D eigenvalue weighted by Crippen LogP contribution is -2.24. The molecule has 0 aliphatic rings. The number of amides is 1. The molecule has 3 rings (SSSR count). The summed E-state index contributed by atoms with van der Waals surface area (Å²) in [6, 6.07) is 11.5. The molecule has 1 amide bonds. The van der Waals surface area contributed by atoms with Crippen LogP contribution < -0.4 is 11.1 Å². The van der Waals surface area contributed by atoms with Gasteiger partial charge in [0.05, 0.1) is 0 Å². The van der Waals surface area contributed by atoms with Crippen LogP contribution in [0.5, 0.6) is 0 Å². The number of pyridine rings is 1. The molecular weight excluding hydrogens is 276 g/mol. The van der Waals surface area contributed by atoms with E-state index >= 15 is 0 Å². The van der Waals surface area contributed by atoms with Gasteiger partial charge in [0.1, 0.15) is 11.5 Å². The lowest BCUT2D eigenvalue weighted by Gasteiger charge is -2.11. The molecule has 0 spiro atoms. The maximum atomic E-state index is 12.3. The number of para-hydroxylation sites is 1. The molecule has 2 heterocycles. The van der Waals surface area contributed by atoms with Crippen molar-refractivity contribution in [3.05, 3.63) is 58.9 Å². The molecule has 0 radical (unpaired) electrons. The van der Waals surface area contributed by atoms with Gasteiger partial charge in [-0.2, -0.15) is 0 Å². The SMILES string of the molecule is Cc1cc(N)nc(C)c1CNC(=O)c1cc2ccccc2[nH]1. The third kappa shape index (κ3) is 2.65. The molecule has 112 valence electrons. The monoisotopic (exact) mass is 294 g/mol. The van der Waals surface area contributed by atoms with Gasteiger partial charge in [-0.25, -0.2) is 4.98 Å². The fraction of sp³-hybridized carbons (Fsp3) is 0.176. The normalized spacial score (nSPS) is 10.8. The van der Waals surface area contributed by atoms with E-state index in [0.717, 1.165) is 27.7 Å². The van der Waals surface area contributed by atoms with Crippen molar-refractivity contribution < 1.29 is 4.79 Å². The summed E-state index contributed by atoms with van der Waals surface area (Å²) in [5.41, 5.74) is 10.1. The van der Waals surface area contributed by atoms with Gasteiger partial charge in [0.15, 0.2) is 0 Å². The van der Waals surface area contributed by atoms with E-state index in [2.05, 4.69) is 15.3 Å². The Morgan fingerprint density at radius 3 is 2.77 bits per heavy atom. The smallest absolute Gasteiger partial charge is 0.267 e. The zero-order chi connectivity index (χ0) is 15.7. The number of carbonyl (C=O) groups excluding carboxylic acids is 1. The van der Waals surface area contributed by atoms with Gasteiger partial charge in [0, 0.05) is 23.1 Å². The van der Waals surface area contributed by atoms with Gasteiger partial charge in [-0.3, -0.25) is 4.79 Å². The molecule has 3 aromatic rings. The van der Waals surface area contributed by atoms with Crippen LogP contribution in [0.3, 0.4) is 0 Å². The Hall–Kier alpha value is -2.82. The number of nitrogens with two attached hydrogens (primary N) is 1. The number of nitrogens with zero attached hydrogens (tertiary/aromatic N) is 1. The van der Waals surface area contributed by atoms with Crippen molar-refractivity contribution in [3.8, 4) is 0 Å². The van der Waals surface area contributed by atoms with E-state index in [4.69, 9.17) is 5.73 Å². The van der Waals surface area contributed by atoms with Crippen molar-refractivity contribution in [1.82, 2.24) is 15.3 Å². The molecule has 5 heteroatoms. The van der Waals surface area contributed by atoms with Crippen LogP contribution in [0.2, 0.25) is 0 Å². The Balaban J connectivity index is 1.78. The molecule has 5 nitrogen and oxygen atoms in total. The Morgan fingerprint density at radius 2 is 2.05 bits per heavy atom. The number of hydrogen-bond donors (Lipinski definition) is 3. The second-order valence-electron chi connectivity index (χ2n) is 5.38. The quantitative estimate of drug-likeness (QED) is 0.694. The molecule has 1 aromatic carbocycles. The molecule has 0 saturated carbocycles. The average molecular weight is 294 g/mol. The highest BCUT2D eigenvalue weighted by Crippen LogP contribution is 2.16. The maximum Gasteiger partial charge on any atom is 0.267 e. The van der Waals surface area contributed by atoms with Gasteiger partial charge in [-0.15, -0.1) is 0 Å². The average Bonchev–Trinajstić information content (AvgIpc) is 2.89. The standard InChI is InChI=1S/C17H18N4O/c1-10-7-16(18)20-11(2)13(10)9-19-17(22)15-8-12-5-3-4-6-14(12)21-15/h3-8,21H,9H2,1-2H3,(H2,18,20)(H,19,22). The van der Waals surface area contributed by atoms with Crippen LogP contribution >= 0.6 is 0 Å². The first-order valence-corrected chi connectivity index (χ1v) is 7.13. The van der Waals surface area contributed by atoms with Crippen LogP contribution in [0, 0.1) is 13.8 Å². The molecule has 0 saturated heterocycles. The molecular formula is C17H18N4O. The first-order chi connectivity index (χ1) is 10.5. The molecule has 2 aromatic heterocycles. The number of fused-ring (bicyclic) bond motifs is 1. The van der Waals surface area contributed by atoms with Crippen molar-refractivity contribution in [1.29, 1.82) is 0 Å². The summed E-state index contributed by atoms with van der Waals surface area (Å²) in [6.45, 7) is 4.29. The molecule has 22 heavy (non-hydrogen) atoms. The zero-order valence-corrected chi connectivity index (χ0v) is 12.6. The highest BCUT2D eigenvalue weighted by atomic mass is 16.1. The number of hydrogen-bond acceptors (Lipinski definition) is 3. The third-order valence-electron chi connectivity index (χ3n) is 3.77. The Bertz CT molecular complexity index is 795. The number of anilines is 1. The van der Waals surface area contributed by atoms with Gasteiger partial charge in [0.25, 0.3) is 5.91 Å². The number of carbonyl (C=O) groups is 1. The van der Waals surface area contributed by atoms with Gasteiger partial charge in [0.2, 0.25) is 0 Å². The topological polar surface area (TPSA) is 83.8 Å². The molecule has 0 atom stereocenters. The van der Waals surface area contributed by atoms with Crippen molar-refractivity contribution in [3.63, 3.8) is 0 Å². The second-order valence-corrected chi connectivity index (χ2v) is 5.38. The van der Waals surface area contributed by atoms with E-state index in [-0.39, 0.29) is 5.91 Å². The number of H-pyrrole nitrogens is 1. The van der Waals surface area contributed by atoms with Gasteiger partial charge in [-0.1, -0.05) is 18.2 Å². The summed E-state index contributed by atoms with van der Waals surface area (Å²) in [5, 5.41) is 3.95. The number of nitrogen functional groups attached to an aromatic ring is 1. The van der Waals surface area contributed by atoms with Gasteiger partial charge in [-0.05, 0) is 43.2 Å². The number of benzene rings is 1. The number of rotatable bonds is 3. The fourth-order valence-corrected chi connectivity index (χ4v) is 2.61. The summed E-state index contributed by atoms with van der Waals surface area (Å²) in [6.07, 6.45) is 0. The summed E-state index contributed by atoms with van der Waals surface area (Å²) < 4.78 is 0. The lowest BCUT2D eigenvalue weighted by molar-refractivity contribution is 0.0946.